The molecule has 0 saturated heterocycles. The molecule has 0 radical (unpaired) electrons. The van der Waals surface area contributed by atoms with E-state index < -0.39 is 0 Å². The number of benzene rings is 1. The number of nitrogens with zero attached hydrogens (tertiary/aromatic N) is 1. The number of aryl methyl sites for hydroxylation is 2. The minimum atomic E-state index is 0.0208. The van der Waals surface area contributed by atoms with Crippen LogP contribution in [0.3, 0.4) is 0 Å². The Morgan fingerprint density at radius 1 is 1.14 bits per heavy atom. The van der Waals surface area contributed by atoms with Gasteiger partial charge < -0.3 is 4.57 Å². The average molecular weight is 302 g/mol. The van der Waals surface area contributed by atoms with E-state index in [0.717, 1.165) is 39.6 Å². The third-order valence-electron chi connectivity index (χ3n) is 4.27. The van der Waals surface area contributed by atoms with E-state index in [1.165, 1.54) is 0 Å². The highest BCUT2D eigenvalue weighted by molar-refractivity contribution is 6.30. The molecule has 1 aromatic carbocycles. The van der Waals surface area contributed by atoms with Crippen molar-refractivity contribution in [1.29, 1.82) is 0 Å². The number of hydrogen-bond donors (Lipinski definition) is 0. The molecular formula is C18H20ClNO. The Bertz CT molecular complexity index is 740. The molecule has 2 nitrogen and oxygen atoms in total. The lowest BCUT2D eigenvalue weighted by Gasteiger charge is -2.30. The Morgan fingerprint density at radius 3 is 2.52 bits per heavy atom. The standard InChI is InChI=1S/C18H20ClNO/c1-11-7-13(19)5-6-15(11)20-12(2)8-14-16(20)9-18(3,4)10-17(14)21/h5-8H,9-10H2,1-4H3. The molecular weight excluding hydrogens is 282 g/mol. The van der Waals surface area contributed by atoms with E-state index in [1.807, 2.05) is 24.3 Å². The van der Waals surface area contributed by atoms with Gasteiger partial charge in [0.05, 0.1) is 0 Å². The van der Waals surface area contributed by atoms with Crippen LogP contribution in [0.1, 0.15) is 47.6 Å². The van der Waals surface area contributed by atoms with Gasteiger partial charge in [-0.3, -0.25) is 4.79 Å². The van der Waals surface area contributed by atoms with Crippen molar-refractivity contribution in [3.63, 3.8) is 0 Å². The fourth-order valence-electron chi connectivity index (χ4n) is 3.36. The lowest BCUT2D eigenvalue weighted by Crippen LogP contribution is -2.27. The number of fused-ring (bicyclic) bond motifs is 1. The molecule has 0 N–H and O–H groups in total. The summed E-state index contributed by atoms with van der Waals surface area (Å²) in [5.74, 6) is 0.259. The number of hydrogen-bond acceptors (Lipinski definition) is 1. The van der Waals surface area contributed by atoms with E-state index in [0.29, 0.717) is 6.42 Å². The largest absolute Gasteiger partial charge is 0.317 e. The zero-order valence-corrected chi connectivity index (χ0v) is 13.7. The fraction of sp³-hybridized carbons (Fsp3) is 0.389. The summed E-state index contributed by atoms with van der Waals surface area (Å²) in [6.07, 6.45) is 1.55. The zero-order chi connectivity index (χ0) is 15.4. The van der Waals surface area contributed by atoms with E-state index in [2.05, 4.69) is 32.3 Å². The Balaban J connectivity index is 2.23. The van der Waals surface area contributed by atoms with Crippen molar-refractivity contribution in [2.24, 2.45) is 5.41 Å². The SMILES string of the molecule is Cc1cc(Cl)ccc1-n1c(C)cc2c1CC(C)(C)CC2=O. The summed E-state index contributed by atoms with van der Waals surface area (Å²) >= 11 is 6.07. The summed E-state index contributed by atoms with van der Waals surface area (Å²) in [5.41, 5.74) is 5.40. The number of rotatable bonds is 1. The van der Waals surface area contributed by atoms with Crippen molar-refractivity contribution in [2.45, 2.75) is 40.5 Å². The van der Waals surface area contributed by atoms with Crippen LogP contribution in [0.25, 0.3) is 5.69 Å². The predicted octanol–water partition coefficient (Wildman–Crippen LogP) is 4.90. The summed E-state index contributed by atoms with van der Waals surface area (Å²) in [6.45, 7) is 8.44. The Kier molecular flexibility index (Phi) is 3.25. The minimum absolute atomic E-state index is 0.0208. The monoisotopic (exact) mass is 301 g/mol. The lowest BCUT2D eigenvalue weighted by molar-refractivity contribution is 0.0911. The quantitative estimate of drug-likeness (QED) is 0.734. The molecule has 3 heteroatoms. The second-order valence-corrected chi connectivity index (χ2v) is 7.29. The highest BCUT2D eigenvalue weighted by Gasteiger charge is 2.34. The first-order valence-electron chi connectivity index (χ1n) is 7.29. The lowest BCUT2D eigenvalue weighted by atomic mass is 9.76. The van der Waals surface area contributed by atoms with Crippen molar-refractivity contribution < 1.29 is 4.79 Å². The highest BCUT2D eigenvalue weighted by Crippen LogP contribution is 2.38. The van der Waals surface area contributed by atoms with Crippen molar-refractivity contribution >= 4 is 17.4 Å². The molecule has 0 aliphatic heterocycles. The van der Waals surface area contributed by atoms with E-state index in [4.69, 9.17) is 11.6 Å². The Labute approximate surface area is 130 Å². The molecule has 2 aromatic rings. The second kappa shape index (κ2) is 4.74. The maximum atomic E-state index is 12.4. The molecule has 1 heterocycles. The van der Waals surface area contributed by atoms with Gasteiger partial charge in [-0.15, -0.1) is 0 Å². The van der Waals surface area contributed by atoms with Crippen LogP contribution in [0, 0.1) is 19.3 Å². The second-order valence-electron chi connectivity index (χ2n) is 6.85. The molecule has 0 saturated carbocycles. The molecule has 21 heavy (non-hydrogen) atoms. The van der Waals surface area contributed by atoms with Crippen LogP contribution in [0.4, 0.5) is 0 Å². The number of carbonyl (C=O) groups excluding carboxylic acids is 1. The summed E-state index contributed by atoms with van der Waals surface area (Å²) in [7, 11) is 0. The molecule has 110 valence electrons. The number of Topliss-reactive ketones (excluding diaryl/α,β-unsaturated/α-hetero) is 1. The highest BCUT2D eigenvalue weighted by atomic mass is 35.5. The zero-order valence-electron chi connectivity index (χ0n) is 13.0. The number of halogens is 1. The van der Waals surface area contributed by atoms with Crippen molar-refractivity contribution in [3.8, 4) is 5.69 Å². The van der Waals surface area contributed by atoms with Crippen LogP contribution in [0.15, 0.2) is 24.3 Å². The van der Waals surface area contributed by atoms with Crippen LogP contribution in [0.2, 0.25) is 5.02 Å². The van der Waals surface area contributed by atoms with Crippen molar-refractivity contribution in [2.75, 3.05) is 0 Å². The topological polar surface area (TPSA) is 22.0 Å². The third-order valence-corrected chi connectivity index (χ3v) is 4.51. The van der Waals surface area contributed by atoms with E-state index in [1.54, 1.807) is 0 Å². The molecule has 0 fully saturated rings. The summed E-state index contributed by atoms with van der Waals surface area (Å²) in [4.78, 5) is 12.4. The van der Waals surface area contributed by atoms with Gasteiger partial charge in [-0.05, 0) is 55.5 Å². The fourth-order valence-corrected chi connectivity index (χ4v) is 3.58. The molecule has 0 spiro atoms. The average Bonchev–Trinajstić information content (AvgIpc) is 2.65. The molecule has 1 aromatic heterocycles. The van der Waals surface area contributed by atoms with Crippen LogP contribution in [-0.2, 0) is 6.42 Å². The van der Waals surface area contributed by atoms with Crippen LogP contribution < -0.4 is 0 Å². The van der Waals surface area contributed by atoms with Gasteiger partial charge in [0.1, 0.15) is 0 Å². The Hall–Kier alpha value is -1.54. The molecule has 1 aliphatic rings. The van der Waals surface area contributed by atoms with Gasteiger partial charge in [-0.1, -0.05) is 25.4 Å². The van der Waals surface area contributed by atoms with Gasteiger partial charge in [-0.25, -0.2) is 0 Å². The van der Waals surface area contributed by atoms with Crippen LogP contribution >= 0.6 is 11.6 Å². The summed E-state index contributed by atoms with van der Waals surface area (Å²) in [5, 5.41) is 0.742. The summed E-state index contributed by atoms with van der Waals surface area (Å²) < 4.78 is 2.22. The van der Waals surface area contributed by atoms with Gasteiger partial charge >= 0.3 is 0 Å². The molecule has 0 unspecified atom stereocenters. The molecule has 1 aliphatic carbocycles. The Morgan fingerprint density at radius 2 is 1.86 bits per heavy atom. The number of ketones is 1. The smallest absolute Gasteiger partial charge is 0.165 e. The van der Waals surface area contributed by atoms with E-state index in [-0.39, 0.29) is 11.2 Å². The van der Waals surface area contributed by atoms with E-state index >= 15 is 0 Å². The van der Waals surface area contributed by atoms with Crippen molar-refractivity contribution in [3.05, 3.63) is 51.8 Å². The summed E-state index contributed by atoms with van der Waals surface area (Å²) in [6, 6.07) is 7.95. The van der Waals surface area contributed by atoms with E-state index in [9.17, 15) is 4.79 Å². The number of carbonyl (C=O) groups is 1. The third kappa shape index (κ3) is 2.42. The molecule has 0 atom stereocenters. The number of aromatic nitrogens is 1. The molecule has 3 rings (SSSR count). The van der Waals surface area contributed by atoms with Gasteiger partial charge in [0.2, 0.25) is 0 Å². The minimum Gasteiger partial charge on any atom is -0.317 e. The van der Waals surface area contributed by atoms with Gasteiger partial charge in [0, 0.05) is 34.1 Å². The van der Waals surface area contributed by atoms with Crippen LogP contribution in [-0.4, -0.2) is 10.4 Å². The molecule has 0 bridgehead atoms. The van der Waals surface area contributed by atoms with Gasteiger partial charge in [-0.2, -0.15) is 0 Å². The maximum absolute atomic E-state index is 12.4. The van der Waals surface area contributed by atoms with Gasteiger partial charge in [0.15, 0.2) is 5.78 Å². The first kappa shape index (κ1) is 14.4. The first-order chi connectivity index (χ1) is 9.78. The first-order valence-corrected chi connectivity index (χ1v) is 7.67. The van der Waals surface area contributed by atoms with Gasteiger partial charge in [0.25, 0.3) is 0 Å². The normalized spacial score (nSPS) is 16.9. The van der Waals surface area contributed by atoms with Crippen LogP contribution in [0.5, 0.6) is 0 Å². The van der Waals surface area contributed by atoms with Crippen molar-refractivity contribution in [1.82, 2.24) is 4.57 Å². The molecule has 0 amide bonds. The maximum Gasteiger partial charge on any atom is 0.165 e. The predicted molar refractivity (Wildman–Crippen MR) is 86.7 cm³/mol.